The molecule has 0 aromatic heterocycles. The fourth-order valence-corrected chi connectivity index (χ4v) is 0.789. The zero-order chi connectivity index (χ0) is 15.1. The van der Waals surface area contributed by atoms with E-state index < -0.39 is 12.1 Å². The van der Waals surface area contributed by atoms with Crippen LogP contribution < -0.4 is 11.5 Å². The van der Waals surface area contributed by atoms with Gasteiger partial charge in [0.25, 0.3) is 0 Å². The van der Waals surface area contributed by atoms with E-state index in [1.165, 1.54) is 18.0 Å². The van der Waals surface area contributed by atoms with Crippen LogP contribution in [0.2, 0.25) is 0 Å². The van der Waals surface area contributed by atoms with Gasteiger partial charge in [-0.1, -0.05) is 35.9 Å². The third-order valence-electron chi connectivity index (χ3n) is 1.45. The van der Waals surface area contributed by atoms with E-state index in [9.17, 15) is 9.59 Å². The predicted octanol–water partition coefficient (Wildman–Crippen LogP) is 2.31. The van der Waals surface area contributed by atoms with Gasteiger partial charge in [-0.25, -0.2) is 19.6 Å². The summed E-state index contributed by atoms with van der Waals surface area (Å²) in [7, 11) is 0. The number of hydrogen-bond donors (Lipinski definition) is 2. The first-order valence-electron chi connectivity index (χ1n) is 5.51. The van der Waals surface area contributed by atoms with Crippen LogP contribution in [0.25, 0.3) is 0 Å². The van der Waals surface area contributed by atoms with Gasteiger partial charge in [-0.05, 0) is 20.8 Å². The van der Waals surface area contributed by atoms with Crippen molar-refractivity contribution in [1.82, 2.24) is 0 Å². The van der Waals surface area contributed by atoms with Crippen molar-refractivity contribution >= 4 is 24.5 Å². The summed E-state index contributed by atoms with van der Waals surface area (Å²) >= 11 is 0. The number of nitrogens with zero attached hydrogens (tertiary/aromatic N) is 2. The maximum Gasteiger partial charge on any atom is 0.337 e. The van der Waals surface area contributed by atoms with Gasteiger partial charge in [-0.3, -0.25) is 0 Å². The number of benzene rings is 1. The van der Waals surface area contributed by atoms with Gasteiger partial charge in [0.1, 0.15) is 0 Å². The van der Waals surface area contributed by atoms with Crippen molar-refractivity contribution in [3.8, 4) is 0 Å². The van der Waals surface area contributed by atoms with E-state index in [4.69, 9.17) is 0 Å². The lowest BCUT2D eigenvalue weighted by molar-refractivity contribution is 0.256. The predicted molar refractivity (Wildman–Crippen MR) is 78.7 cm³/mol. The highest BCUT2D eigenvalue weighted by atomic mass is 16.2. The molecule has 4 amide bonds. The molecule has 0 bridgehead atoms. The van der Waals surface area contributed by atoms with Crippen LogP contribution in [-0.2, 0) is 0 Å². The van der Waals surface area contributed by atoms with Gasteiger partial charge in [0.2, 0.25) is 0 Å². The molecule has 0 saturated carbocycles. The molecule has 19 heavy (non-hydrogen) atoms. The molecule has 104 valence electrons. The summed E-state index contributed by atoms with van der Waals surface area (Å²) in [6.07, 6.45) is 2.70. The van der Waals surface area contributed by atoms with Crippen molar-refractivity contribution in [2.75, 3.05) is 0 Å². The number of carbonyl (C=O) groups excluding carboxylic acids is 2. The van der Waals surface area contributed by atoms with Gasteiger partial charge in [-0.2, -0.15) is 0 Å². The lowest BCUT2D eigenvalue weighted by atomic mass is 10.2. The number of hydrogen-bond acceptors (Lipinski definition) is 2. The minimum Gasteiger partial charge on any atom is -0.350 e. The molecule has 0 aliphatic rings. The summed E-state index contributed by atoms with van der Waals surface area (Å²) in [5.74, 6) is 0. The molecule has 0 heterocycles. The molecule has 0 atom stereocenters. The number of carbonyl (C=O) groups is 2. The van der Waals surface area contributed by atoms with E-state index in [1.807, 2.05) is 18.2 Å². The fourth-order valence-electron chi connectivity index (χ4n) is 0.789. The molecular formula is C13H20N4O2. The Morgan fingerprint density at radius 3 is 1.42 bits per heavy atom. The average molecular weight is 264 g/mol. The highest BCUT2D eigenvalue weighted by molar-refractivity contribution is 5.81. The molecule has 1 aromatic carbocycles. The van der Waals surface area contributed by atoms with E-state index in [0.717, 1.165) is 0 Å². The van der Waals surface area contributed by atoms with Crippen LogP contribution in [0, 0.1) is 6.92 Å². The van der Waals surface area contributed by atoms with Gasteiger partial charge in [0.05, 0.1) is 0 Å². The van der Waals surface area contributed by atoms with E-state index in [-0.39, 0.29) is 0 Å². The van der Waals surface area contributed by atoms with Crippen LogP contribution in [0.1, 0.15) is 19.4 Å². The molecule has 0 aliphatic heterocycles. The van der Waals surface area contributed by atoms with Crippen LogP contribution >= 0.6 is 0 Å². The monoisotopic (exact) mass is 264 g/mol. The van der Waals surface area contributed by atoms with Crippen molar-refractivity contribution in [2.45, 2.75) is 20.8 Å². The summed E-state index contributed by atoms with van der Waals surface area (Å²) in [5.41, 5.74) is 10.5. The minimum atomic E-state index is -0.641. The zero-order valence-electron chi connectivity index (χ0n) is 11.4. The first kappa shape index (κ1) is 18.9. The van der Waals surface area contributed by atoms with Crippen molar-refractivity contribution in [1.29, 1.82) is 0 Å². The Labute approximate surface area is 113 Å². The first-order valence-corrected chi connectivity index (χ1v) is 5.51. The molecule has 4 N–H and O–H groups in total. The SMILES string of the molecule is CC=NC(N)=O.CC=NC(N)=O.Cc1ccccc1. The smallest absolute Gasteiger partial charge is 0.337 e. The van der Waals surface area contributed by atoms with Gasteiger partial charge in [0, 0.05) is 12.4 Å². The molecule has 1 aromatic rings. The second-order valence-corrected chi connectivity index (χ2v) is 3.11. The lowest BCUT2D eigenvalue weighted by Gasteiger charge is -1.82. The average Bonchev–Trinajstić information content (AvgIpc) is 2.31. The second-order valence-electron chi connectivity index (χ2n) is 3.11. The molecule has 0 radical (unpaired) electrons. The third-order valence-corrected chi connectivity index (χ3v) is 1.45. The van der Waals surface area contributed by atoms with Crippen LogP contribution in [0.15, 0.2) is 40.3 Å². The van der Waals surface area contributed by atoms with Crippen molar-refractivity contribution in [3.05, 3.63) is 35.9 Å². The maximum absolute atomic E-state index is 9.62. The van der Waals surface area contributed by atoms with E-state index in [1.54, 1.807) is 13.8 Å². The Hall–Kier alpha value is -2.50. The van der Waals surface area contributed by atoms with Crippen molar-refractivity contribution in [2.24, 2.45) is 21.5 Å². The Balaban J connectivity index is 0. The van der Waals surface area contributed by atoms with Crippen molar-refractivity contribution < 1.29 is 9.59 Å². The second kappa shape index (κ2) is 13.6. The van der Waals surface area contributed by atoms with Gasteiger partial charge in [0.15, 0.2) is 0 Å². The highest BCUT2D eigenvalue weighted by Crippen LogP contribution is 1.92. The Morgan fingerprint density at radius 2 is 1.32 bits per heavy atom. The Morgan fingerprint density at radius 1 is 0.947 bits per heavy atom. The van der Waals surface area contributed by atoms with Crippen molar-refractivity contribution in [3.63, 3.8) is 0 Å². The maximum atomic E-state index is 9.62. The summed E-state index contributed by atoms with van der Waals surface area (Å²) in [6.45, 7) is 5.34. The molecule has 6 heteroatoms. The zero-order valence-corrected chi connectivity index (χ0v) is 11.4. The normalized spacial score (nSPS) is 9.21. The van der Waals surface area contributed by atoms with Gasteiger partial charge >= 0.3 is 12.1 Å². The molecule has 0 spiro atoms. The summed E-state index contributed by atoms with van der Waals surface area (Å²) in [5, 5.41) is 0. The molecule has 0 unspecified atom stereocenters. The third kappa shape index (κ3) is 21.4. The Bertz CT molecular complexity index is 392. The van der Waals surface area contributed by atoms with Crippen LogP contribution in [0.4, 0.5) is 9.59 Å². The first-order chi connectivity index (χ1) is 8.93. The standard InChI is InChI=1S/C7H8.2C3H6N2O/c1-7-5-3-2-4-6-7;2*1-2-5-3(4)6/h2-6H,1H3;2*2H,1H3,(H2,4,6). The molecule has 0 aliphatic carbocycles. The Kier molecular flexibility index (Phi) is 13.5. The van der Waals surface area contributed by atoms with Gasteiger partial charge < -0.3 is 11.5 Å². The van der Waals surface area contributed by atoms with E-state index in [0.29, 0.717) is 0 Å². The quantitative estimate of drug-likeness (QED) is 0.700. The highest BCUT2D eigenvalue weighted by Gasteiger charge is 1.74. The topological polar surface area (TPSA) is 111 Å². The minimum absolute atomic E-state index is 0.641. The number of aryl methyl sites for hydroxylation is 1. The van der Waals surface area contributed by atoms with Crippen LogP contribution in [0.3, 0.4) is 0 Å². The number of rotatable bonds is 0. The van der Waals surface area contributed by atoms with Gasteiger partial charge in [-0.15, -0.1) is 0 Å². The van der Waals surface area contributed by atoms with E-state index >= 15 is 0 Å². The lowest BCUT2D eigenvalue weighted by Crippen LogP contribution is -2.02. The molecule has 0 fully saturated rings. The van der Waals surface area contributed by atoms with Crippen LogP contribution in [-0.4, -0.2) is 24.5 Å². The molecule has 1 rings (SSSR count). The summed E-state index contributed by atoms with van der Waals surface area (Å²) in [4.78, 5) is 25.5. The van der Waals surface area contributed by atoms with Crippen LogP contribution in [0.5, 0.6) is 0 Å². The molecular weight excluding hydrogens is 244 g/mol. The molecule has 6 nitrogen and oxygen atoms in total. The summed E-state index contributed by atoms with van der Waals surface area (Å²) in [6, 6.07) is 8.98. The largest absolute Gasteiger partial charge is 0.350 e. The summed E-state index contributed by atoms with van der Waals surface area (Å²) < 4.78 is 0. The fraction of sp³-hybridized carbons (Fsp3) is 0.231. The number of nitrogens with two attached hydrogens (primary N) is 2. The number of primary amides is 2. The number of aliphatic imine (C=N–C) groups is 2. The van der Waals surface area contributed by atoms with E-state index in [2.05, 4.69) is 40.5 Å². The molecule has 0 saturated heterocycles. The number of amides is 4. The number of urea groups is 2.